The van der Waals surface area contributed by atoms with Gasteiger partial charge in [-0.3, -0.25) is 0 Å². The van der Waals surface area contributed by atoms with Crippen molar-refractivity contribution in [2.24, 2.45) is 11.1 Å². The van der Waals surface area contributed by atoms with Crippen LogP contribution in [0.4, 0.5) is 0 Å². The Bertz CT molecular complexity index is 105. The molecule has 0 saturated carbocycles. The highest BCUT2D eigenvalue weighted by Gasteiger charge is 2.15. The van der Waals surface area contributed by atoms with Crippen molar-refractivity contribution in [2.75, 3.05) is 20.6 Å². The number of likely N-dealkylation sites (N-methyl/N-ethyl adjacent to an activating group) is 1. The van der Waals surface area contributed by atoms with E-state index in [0.29, 0.717) is 11.5 Å². The van der Waals surface area contributed by atoms with Gasteiger partial charge in [-0.1, -0.05) is 20.8 Å². The first-order chi connectivity index (χ1) is 4.81. The smallest absolute Gasteiger partial charge is 0.0172 e. The van der Waals surface area contributed by atoms with Crippen LogP contribution in [0.3, 0.4) is 0 Å². The average molecular weight is 175 g/mol. The molecule has 0 radical (unpaired) electrons. The molecule has 0 unspecified atom stereocenters. The Labute approximate surface area is 76.9 Å². The summed E-state index contributed by atoms with van der Waals surface area (Å²) in [4.78, 5) is 2.14. The predicted molar refractivity (Wildman–Crippen MR) is 55.6 cm³/mol. The van der Waals surface area contributed by atoms with Crippen LogP contribution in [-0.4, -0.2) is 31.6 Å². The SMILES string of the molecule is CN(C)C[C@@H](N)CC(C)(C)C.N. The van der Waals surface area contributed by atoms with Gasteiger partial charge in [0.15, 0.2) is 0 Å². The maximum absolute atomic E-state index is 5.92. The van der Waals surface area contributed by atoms with Crippen molar-refractivity contribution in [1.29, 1.82) is 0 Å². The van der Waals surface area contributed by atoms with E-state index in [-0.39, 0.29) is 6.15 Å². The first kappa shape index (κ1) is 14.4. The number of nitrogens with two attached hydrogens (primary N) is 1. The standard InChI is InChI=1S/C9H22N2.H3N/c1-9(2,3)6-8(10)7-11(4)5;/h8H,6-7,10H2,1-5H3;1H3/t8-;/m0./s1. The third kappa shape index (κ3) is 9.88. The van der Waals surface area contributed by atoms with Crippen LogP contribution in [0.25, 0.3) is 0 Å². The summed E-state index contributed by atoms with van der Waals surface area (Å²) in [7, 11) is 4.12. The zero-order valence-electron chi connectivity index (χ0n) is 9.22. The number of nitrogens with zero attached hydrogens (tertiary/aromatic N) is 1. The lowest BCUT2D eigenvalue weighted by Crippen LogP contribution is -2.36. The summed E-state index contributed by atoms with van der Waals surface area (Å²) in [6.07, 6.45) is 1.09. The van der Waals surface area contributed by atoms with Crippen molar-refractivity contribution in [3.63, 3.8) is 0 Å². The second-order valence-corrected chi connectivity index (χ2v) is 4.79. The Balaban J connectivity index is 0. The first-order valence-electron chi connectivity index (χ1n) is 4.21. The number of rotatable bonds is 3. The van der Waals surface area contributed by atoms with Gasteiger partial charge in [-0.2, -0.15) is 0 Å². The highest BCUT2D eigenvalue weighted by Crippen LogP contribution is 2.19. The normalized spacial score (nSPS) is 14.2. The molecule has 76 valence electrons. The van der Waals surface area contributed by atoms with E-state index in [1.54, 1.807) is 0 Å². The van der Waals surface area contributed by atoms with Crippen molar-refractivity contribution in [2.45, 2.75) is 33.2 Å². The highest BCUT2D eigenvalue weighted by molar-refractivity contribution is 4.72. The Morgan fingerprint density at radius 1 is 1.25 bits per heavy atom. The summed E-state index contributed by atoms with van der Waals surface area (Å²) in [6.45, 7) is 7.66. The summed E-state index contributed by atoms with van der Waals surface area (Å²) in [5.74, 6) is 0. The van der Waals surface area contributed by atoms with Crippen molar-refractivity contribution in [3.8, 4) is 0 Å². The van der Waals surface area contributed by atoms with E-state index in [1.807, 2.05) is 0 Å². The lowest BCUT2D eigenvalue weighted by molar-refractivity contribution is 0.288. The van der Waals surface area contributed by atoms with E-state index in [4.69, 9.17) is 5.73 Å². The minimum absolute atomic E-state index is 0. The van der Waals surface area contributed by atoms with Crippen LogP contribution in [0, 0.1) is 5.41 Å². The van der Waals surface area contributed by atoms with Gasteiger partial charge in [0.2, 0.25) is 0 Å². The molecule has 1 atom stereocenters. The van der Waals surface area contributed by atoms with Gasteiger partial charge < -0.3 is 16.8 Å². The zero-order chi connectivity index (χ0) is 9.07. The molecule has 0 saturated heterocycles. The summed E-state index contributed by atoms with van der Waals surface area (Å²) in [5.41, 5.74) is 6.28. The molecule has 0 aliphatic rings. The third-order valence-electron chi connectivity index (χ3n) is 1.47. The molecule has 0 bridgehead atoms. The second kappa shape index (κ2) is 5.51. The van der Waals surface area contributed by atoms with Crippen molar-refractivity contribution < 1.29 is 0 Å². The van der Waals surface area contributed by atoms with Crippen LogP contribution in [0.5, 0.6) is 0 Å². The van der Waals surface area contributed by atoms with E-state index in [1.165, 1.54) is 0 Å². The maximum atomic E-state index is 5.92. The summed E-state index contributed by atoms with van der Waals surface area (Å²) < 4.78 is 0. The van der Waals surface area contributed by atoms with Crippen molar-refractivity contribution in [1.82, 2.24) is 11.1 Å². The quantitative estimate of drug-likeness (QED) is 0.682. The summed E-state index contributed by atoms with van der Waals surface area (Å²) >= 11 is 0. The van der Waals surface area contributed by atoms with E-state index >= 15 is 0 Å². The molecule has 0 fully saturated rings. The van der Waals surface area contributed by atoms with Crippen LogP contribution in [0.1, 0.15) is 27.2 Å². The molecule has 0 heterocycles. The van der Waals surface area contributed by atoms with Gasteiger partial charge in [-0.25, -0.2) is 0 Å². The van der Waals surface area contributed by atoms with E-state index in [0.717, 1.165) is 13.0 Å². The van der Waals surface area contributed by atoms with Crippen LogP contribution < -0.4 is 11.9 Å². The fourth-order valence-corrected chi connectivity index (χ4v) is 1.32. The topological polar surface area (TPSA) is 64.3 Å². The Kier molecular flexibility index (Phi) is 6.62. The van der Waals surface area contributed by atoms with Gasteiger partial charge in [-0.15, -0.1) is 0 Å². The van der Waals surface area contributed by atoms with E-state index in [2.05, 4.69) is 39.8 Å². The van der Waals surface area contributed by atoms with E-state index in [9.17, 15) is 0 Å². The van der Waals surface area contributed by atoms with Gasteiger partial charge >= 0.3 is 0 Å². The fraction of sp³-hybridized carbons (Fsp3) is 1.00. The molecule has 3 heteroatoms. The summed E-state index contributed by atoms with van der Waals surface area (Å²) in [6, 6.07) is 0.310. The average Bonchev–Trinajstić information content (AvgIpc) is 1.53. The molecule has 0 rings (SSSR count). The maximum Gasteiger partial charge on any atom is 0.0172 e. The van der Waals surface area contributed by atoms with Crippen LogP contribution >= 0.6 is 0 Å². The fourth-order valence-electron chi connectivity index (χ4n) is 1.32. The van der Waals surface area contributed by atoms with Crippen LogP contribution in [-0.2, 0) is 0 Å². The molecule has 0 amide bonds. The first-order valence-corrected chi connectivity index (χ1v) is 4.21. The van der Waals surface area contributed by atoms with Crippen LogP contribution in [0.15, 0.2) is 0 Å². The van der Waals surface area contributed by atoms with Gasteiger partial charge in [0.05, 0.1) is 0 Å². The number of hydrogen-bond acceptors (Lipinski definition) is 3. The Hall–Kier alpha value is -0.120. The molecule has 5 N–H and O–H groups in total. The number of hydrogen-bond donors (Lipinski definition) is 2. The Morgan fingerprint density at radius 2 is 1.67 bits per heavy atom. The molecule has 0 spiro atoms. The molecule has 0 aliphatic heterocycles. The molecular weight excluding hydrogens is 150 g/mol. The highest BCUT2D eigenvalue weighted by atomic mass is 15.1. The molecule has 3 nitrogen and oxygen atoms in total. The van der Waals surface area contributed by atoms with Crippen molar-refractivity contribution >= 4 is 0 Å². The molecule has 0 aromatic rings. The molecule has 0 aliphatic carbocycles. The second-order valence-electron chi connectivity index (χ2n) is 4.79. The molecule has 12 heavy (non-hydrogen) atoms. The third-order valence-corrected chi connectivity index (χ3v) is 1.47. The van der Waals surface area contributed by atoms with Crippen molar-refractivity contribution in [3.05, 3.63) is 0 Å². The van der Waals surface area contributed by atoms with Crippen LogP contribution in [0.2, 0.25) is 0 Å². The van der Waals surface area contributed by atoms with Gasteiger partial charge in [0.1, 0.15) is 0 Å². The lowest BCUT2D eigenvalue weighted by atomic mass is 9.88. The molecule has 0 aromatic carbocycles. The van der Waals surface area contributed by atoms with Gasteiger partial charge in [0.25, 0.3) is 0 Å². The van der Waals surface area contributed by atoms with Gasteiger partial charge in [0, 0.05) is 12.6 Å². The molecular formula is C9H25N3. The monoisotopic (exact) mass is 175 g/mol. The van der Waals surface area contributed by atoms with E-state index < -0.39 is 0 Å². The minimum atomic E-state index is 0. The van der Waals surface area contributed by atoms with Gasteiger partial charge in [-0.05, 0) is 25.9 Å². The molecule has 0 aromatic heterocycles. The largest absolute Gasteiger partial charge is 0.344 e. The lowest BCUT2D eigenvalue weighted by Gasteiger charge is -2.25. The summed E-state index contributed by atoms with van der Waals surface area (Å²) in [5, 5.41) is 0. The minimum Gasteiger partial charge on any atom is -0.344 e. The zero-order valence-corrected chi connectivity index (χ0v) is 9.22. The predicted octanol–water partition coefficient (Wildman–Crippen LogP) is 1.47. The Morgan fingerprint density at radius 3 is 1.92 bits per heavy atom.